The summed E-state index contributed by atoms with van der Waals surface area (Å²) in [6.07, 6.45) is 17.3. The highest BCUT2D eigenvalue weighted by Gasteiger charge is 2.25. The van der Waals surface area contributed by atoms with Crippen molar-refractivity contribution < 1.29 is 18.1 Å². The average Bonchev–Trinajstić information content (AvgIpc) is 2.58. The molecule has 0 aromatic rings. The van der Waals surface area contributed by atoms with E-state index in [2.05, 4.69) is 13.8 Å². The third kappa shape index (κ3) is 16.1. The first-order valence-corrected chi connectivity index (χ1v) is 12.6. The molecule has 0 fully saturated rings. The summed E-state index contributed by atoms with van der Waals surface area (Å²) in [6, 6.07) is 0. The third-order valence-electron chi connectivity index (χ3n) is 5.23. The number of aliphatic hydroxyl groups is 1. The van der Waals surface area contributed by atoms with Gasteiger partial charge in [-0.3, -0.25) is 4.55 Å². The lowest BCUT2D eigenvalue weighted by atomic mass is 10.0. The van der Waals surface area contributed by atoms with Crippen molar-refractivity contribution in [3.63, 3.8) is 0 Å². The minimum Gasteiger partial charge on any atom is -0.393 e. The summed E-state index contributed by atoms with van der Waals surface area (Å²) < 4.78 is 32.3. The van der Waals surface area contributed by atoms with Crippen molar-refractivity contribution in [2.45, 2.75) is 134 Å². The van der Waals surface area contributed by atoms with Gasteiger partial charge in [0.15, 0.2) is 0 Å². The highest BCUT2D eigenvalue weighted by Crippen LogP contribution is 2.19. The van der Waals surface area contributed by atoms with Crippen LogP contribution in [0, 0.1) is 0 Å². The highest BCUT2D eigenvalue weighted by molar-refractivity contribution is 7.86. The summed E-state index contributed by atoms with van der Waals surface area (Å²) >= 11 is 0. The molecule has 0 radical (unpaired) electrons. The van der Waals surface area contributed by atoms with Gasteiger partial charge in [0.1, 0.15) is 0 Å². The van der Waals surface area contributed by atoms with E-state index in [1.165, 1.54) is 57.8 Å². The molecule has 2 N–H and O–H groups in total. The van der Waals surface area contributed by atoms with Crippen molar-refractivity contribution in [1.82, 2.24) is 0 Å². The van der Waals surface area contributed by atoms with Gasteiger partial charge >= 0.3 is 0 Å². The van der Waals surface area contributed by atoms with Crippen LogP contribution in [0.3, 0.4) is 0 Å². The summed E-state index contributed by atoms with van der Waals surface area (Å²) in [4.78, 5) is 0. The first-order chi connectivity index (χ1) is 12.4. The maximum atomic E-state index is 11.5. The fourth-order valence-electron chi connectivity index (χ4n) is 3.48. The molecule has 0 spiro atoms. The second kappa shape index (κ2) is 17.0. The number of unbranched alkanes of at least 4 members (excludes halogenated alkanes) is 12. The fourth-order valence-corrected chi connectivity index (χ4v) is 4.41. The lowest BCUT2D eigenvalue weighted by Gasteiger charge is -2.18. The molecule has 0 bridgehead atoms. The molecule has 2 unspecified atom stereocenters. The van der Waals surface area contributed by atoms with Crippen LogP contribution >= 0.6 is 0 Å². The molecule has 5 heteroatoms. The van der Waals surface area contributed by atoms with Crippen LogP contribution in [0.2, 0.25) is 0 Å². The zero-order chi connectivity index (χ0) is 19.7. The Morgan fingerprint density at radius 2 is 1.04 bits per heavy atom. The van der Waals surface area contributed by atoms with Crippen molar-refractivity contribution in [2.24, 2.45) is 0 Å². The van der Waals surface area contributed by atoms with Crippen LogP contribution in [-0.2, 0) is 10.1 Å². The van der Waals surface area contributed by atoms with E-state index in [0.717, 1.165) is 32.1 Å². The fraction of sp³-hybridized carbons (Fsp3) is 1.00. The summed E-state index contributed by atoms with van der Waals surface area (Å²) in [6.45, 7) is 4.30. The van der Waals surface area contributed by atoms with E-state index in [1.807, 2.05) is 0 Å². The number of aliphatic hydroxyl groups excluding tert-OH is 1. The standard InChI is InChI=1S/C21H44O4S/c1-3-5-7-8-9-10-11-12-13-14-16-17-20(22)19-21(26(23,24)25)18-15-6-4-2/h20-22H,3-19H2,1-2H3,(H,23,24,25). The van der Waals surface area contributed by atoms with E-state index in [9.17, 15) is 18.1 Å². The van der Waals surface area contributed by atoms with Crippen LogP contribution in [0.4, 0.5) is 0 Å². The Hall–Kier alpha value is -0.130. The Labute approximate surface area is 162 Å². The maximum Gasteiger partial charge on any atom is 0.267 e. The molecule has 0 saturated carbocycles. The van der Waals surface area contributed by atoms with Crippen molar-refractivity contribution >= 4 is 10.1 Å². The van der Waals surface area contributed by atoms with E-state index in [1.54, 1.807) is 0 Å². The highest BCUT2D eigenvalue weighted by atomic mass is 32.2. The molecule has 4 nitrogen and oxygen atoms in total. The van der Waals surface area contributed by atoms with Gasteiger partial charge in [0.2, 0.25) is 0 Å². The van der Waals surface area contributed by atoms with Gasteiger partial charge in [0, 0.05) is 0 Å². The molecule has 0 rings (SSSR count). The molecule has 0 amide bonds. The van der Waals surface area contributed by atoms with Gasteiger partial charge in [0.05, 0.1) is 11.4 Å². The normalized spacial score (nSPS) is 14.5. The molecule has 158 valence electrons. The predicted molar refractivity (Wildman–Crippen MR) is 111 cm³/mol. The first-order valence-electron chi connectivity index (χ1n) is 11.1. The number of hydrogen-bond donors (Lipinski definition) is 2. The minimum absolute atomic E-state index is 0.167. The van der Waals surface area contributed by atoms with E-state index in [-0.39, 0.29) is 6.42 Å². The van der Waals surface area contributed by atoms with Gasteiger partial charge in [-0.15, -0.1) is 0 Å². The van der Waals surface area contributed by atoms with Crippen LogP contribution in [-0.4, -0.2) is 29.4 Å². The number of hydrogen-bond acceptors (Lipinski definition) is 3. The molecule has 0 aromatic heterocycles. The Kier molecular flexibility index (Phi) is 16.9. The number of rotatable bonds is 19. The van der Waals surface area contributed by atoms with Crippen LogP contribution in [0.5, 0.6) is 0 Å². The summed E-state index contributed by atoms with van der Waals surface area (Å²) in [7, 11) is -4.05. The van der Waals surface area contributed by atoms with Gasteiger partial charge < -0.3 is 5.11 Å². The van der Waals surface area contributed by atoms with Gasteiger partial charge in [-0.1, -0.05) is 104 Å². The van der Waals surface area contributed by atoms with Gasteiger partial charge in [-0.05, 0) is 19.3 Å². The summed E-state index contributed by atoms with van der Waals surface area (Å²) in [5.74, 6) is 0. The summed E-state index contributed by atoms with van der Waals surface area (Å²) in [5, 5.41) is 9.30. The molecule has 2 atom stereocenters. The zero-order valence-corrected chi connectivity index (χ0v) is 18.1. The van der Waals surface area contributed by atoms with Crippen LogP contribution < -0.4 is 0 Å². The molecular weight excluding hydrogens is 348 g/mol. The Morgan fingerprint density at radius 3 is 1.50 bits per heavy atom. The van der Waals surface area contributed by atoms with E-state index < -0.39 is 21.5 Å². The second-order valence-electron chi connectivity index (χ2n) is 7.85. The van der Waals surface area contributed by atoms with Crippen LogP contribution in [0.25, 0.3) is 0 Å². The minimum atomic E-state index is -4.05. The van der Waals surface area contributed by atoms with Gasteiger partial charge in [0.25, 0.3) is 10.1 Å². The zero-order valence-electron chi connectivity index (χ0n) is 17.3. The lowest BCUT2D eigenvalue weighted by molar-refractivity contribution is 0.146. The van der Waals surface area contributed by atoms with Gasteiger partial charge in [-0.25, -0.2) is 0 Å². The van der Waals surface area contributed by atoms with E-state index >= 15 is 0 Å². The SMILES string of the molecule is CCCCCCCCCCCCCC(O)CC(CCCCC)S(=O)(=O)O. The Balaban J connectivity index is 3.69. The van der Waals surface area contributed by atoms with Crippen LogP contribution in [0.15, 0.2) is 0 Å². The second-order valence-corrected chi connectivity index (χ2v) is 9.54. The molecule has 0 aliphatic rings. The van der Waals surface area contributed by atoms with Crippen LogP contribution in [0.1, 0.15) is 123 Å². The molecular formula is C21H44O4S. The Bertz CT molecular complexity index is 395. The predicted octanol–water partition coefficient (Wildman–Crippen LogP) is 6.28. The van der Waals surface area contributed by atoms with Crippen molar-refractivity contribution in [3.05, 3.63) is 0 Å². The first kappa shape index (κ1) is 25.9. The van der Waals surface area contributed by atoms with Crippen molar-refractivity contribution in [1.29, 1.82) is 0 Å². The molecule has 0 aliphatic carbocycles. The van der Waals surface area contributed by atoms with E-state index in [4.69, 9.17) is 0 Å². The maximum absolute atomic E-state index is 11.5. The largest absolute Gasteiger partial charge is 0.393 e. The topological polar surface area (TPSA) is 74.6 Å². The Morgan fingerprint density at radius 1 is 0.654 bits per heavy atom. The lowest BCUT2D eigenvalue weighted by Crippen LogP contribution is -2.26. The molecule has 0 heterocycles. The quantitative estimate of drug-likeness (QED) is 0.200. The van der Waals surface area contributed by atoms with Crippen molar-refractivity contribution in [3.8, 4) is 0 Å². The molecule has 0 aromatic carbocycles. The monoisotopic (exact) mass is 392 g/mol. The third-order valence-corrected chi connectivity index (χ3v) is 6.50. The summed E-state index contributed by atoms with van der Waals surface area (Å²) in [5.41, 5.74) is 0. The smallest absolute Gasteiger partial charge is 0.267 e. The van der Waals surface area contributed by atoms with Gasteiger partial charge in [-0.2, -0.15) is 8.42 Å². The molecule has 0 aliphatic heterocycles. The van der Waals surface area contributed by atoms with Crippen molar-refractivity contribution in [2.75, 3.05) is 0 Å². The molecule has 26 heavy (non-hydrogen) atoms. The molecule has 0 saturated heterocycles. The van der Waals surface area contributed by atoms with E-state index in [0.29, 0.717) is 12.8 Å². The average molecular weight is 393 g/mol.